The van der Waals surface area contributed by atoms with Crippen LogP contribution in [0.4, 0.5) is 0 Å². The van der Waals surface area contributed by atoms with Crippen LogP contribution < -0.4 is 5.48 Å². The molecule has 1 aromatic carbocycles. The fraction of sp³-hybridized carbons (Fsp3) is 0.417. The van der Waals surface area contributed by atoms with Gasteiger partial charge in [0.05, 0.1) is 6.10 Å². The van der Waals surface area contributed by atoms with Crippen molar-refractivity contribution >= 4 is 5.91 Å². The highest BCUT2D eigenvalue weighted by molar-refractivity contribution is 5.74. The van der Waals surface area contributed by atoms with Gasteiger partial charge < -0.3 is 4.74 Å². The molecule has 0 aliphatic rings. The Hall–Kier alpha value is -1.39. The number of hydrogen-bond acceptors (Lipinski definition) is 3. The molecule has 4 nitrogen and oxygen atoms in total. The zero-order valence-corrected chi connectivity index (χ0v) is 9.56. The van der Waals surface area contributed by atoms with Gasteiger partial charge in [0.2, 0.25) is 5.91 Å². The molecule has 0 radical (unpaired) electrons. The summed E-state index contributed by atoms with van der Waals surface area (Å²) in [4.78, 5) is 10.9. The van der Waals surface area contributed by atoms with Crippen LogP contribution in [-0.4, -0.2) is 18.2 Å². The van der Waals surface area contributed by atoms with Gasteiger partial charge in [-0.3, -0.25) is 10.0 Å². The minimum atomic E-state index is -0.393. The molecule has 0 heterocycles. The number of benzene rings is 1. The summed E-state index contributed by atoms with van der Waals surface area (Å²) in [5.74, 6) is -0.393. The molecule has 1 unspecified atom stereocenters. The van der Waals surface area contributed by atoms with E-state index in [1.807, 2.05) is 31.2 Å². The average molecular weight is 223 g/mol. The SMILES string of the molecule is COC(CCC(=O)NO)c1ccccc1C. The third kappa shape index (κ3) is 3.32. The van der Waals surface area contributed by atoms with E-state index in [4.69, 9.17) is 9.94 Å². The molecule has 0 spiro atoms. The second-order valence-electron chi connectivity index (χ2n) is 3.65. The van der Waals surface area contributed by atoms with Crippen molar-refractivity contribution in [1.82, 2.24) is 5.48 Å². The van der Waals surface area contributed by atoms with Crippen LogP contribution in [0.15, 0.2) is 24.3 Å². The standard InChI is InChI=1S/C12H17NO3/c1-9-5-3-4-6-10(9)11(16-2)7-8-12(14)13-15/h3-6,11,15H,7-8H2,1-2H3,(H,13,14). The minimum Gasteiger partial charge on any atom is -0.377 e. The molecular weight excluding hydrogens is 206 g/mol. The van der Waals surface area contributed by atoms with E-state index in [2.05, 4.69) is 0 Å². The van der Waals surface area contributed by atoms with Gasteiger partial charge in [0.25, 0.3) is 0 Å². The normalized spacial score (nSPS) is 12.2. The Morgan fingerprint density at radius 1 is 1.50 bits per heavy atom. The van der Waals surface area contributed by atoms with Crippen LogP contribution in [0, 0.1) is 6.92 Å². The Balaban J connectivity index is 2.68. The van der Waals surface area contributed by atoms with Crippen molar-refractivity contribution in [3.05, 3.63) is 35.4 Å². The first kappa shape index (κ1) is 12.7. The molecule has 2 N–H and O–H groups in total. The fourth-order valence-electron chi connectivity index (χ4n) is 1.67. The highest BCUT2D eigenvalue weighted by Gasteiger charge is 2.14. The Bertz CT molecular complexity index is 352. The largest absolute Gasteiger partial charge is 0.377 e. The molecule has 0 bridgehead atoms. The molecule has 0 aliphatic heterocycles. The first-order valence-corrected chi connectivity index (χ1v) is 5.20. The Morgan fingerprint density at radius 3 is 2.75 bits per heavy atom. The summed E-state index contributed by atoms with van der Waals surface area (Å²) in [6.07, 6.45) is 0.676. The van der Waals surface area contributed by atoms with E-state index >= 15 is 0 Å². The molecule has 1 aromatic rings. The van der Waals surface area contributed by atoms with Crippen LogP contribution in [0.5, 0.6) is 0 Å². The summed E-state index contributed by atoms with van der Waals surface area (Å²) in [7, 11) is 1.62. The van der Waals surface area contributed by atoms with Crippen molar-refractivity contribution in [2.45, 2.75) is 25.9 Å². The maximum Gasteiger partial charge on any atom is 0.243 e. The molecule has 88 valence electrons. The number of aryl methyl sites for hydroxylation is 1. The number of methoxy groups -OCH3 is 1. The molecule has 1 amide bonds. The highest BCUT2D eigenvalue weighted by Crippen LogP contribution is 2.24. The van der Waals surface area contributed by atoms with Crippen LogP contribution in [0.25, 0.3) is 0 Å². The van der Waals surface area contributed by atoms with Crippen molar-refractivity contribution in [2.24, 2.45) is 0 Å². The van der Waals surface area contributed by atoms with Crippen molar-refractivity contribution < 1.29 is 14.7 Å². The number of carbonyl (C=O) groups is 1. The summed E-state index contributed by atoms with van der Waals surface area (Å²) in [6.45, 7) is 2.01. The van der Waals surface area contributed by atoms with Gasteiger partial charge in [-0.1, -0.05) is 24.3 Å². The molecular formula is C12H17NO3. The average Bonchev–Trinajstić information content (AvgIpc) is 2.31. The van der Waals surface area contributed by atoms with Crippen LogP contribution in [0.2, 0.25) is 0 Å². The maximum absolute atomic E-state index is 10.9. The molecule has 0 saturated heterocycles. The lowest BCUT2D eigenvalue weighted by molar-refractivity contribution is -0.129. The molecule has 0 aromatic heterocycles. The van der Waals surface area contributed by atoms with Crippen LogP contribution >= 0.6 is 0 Å². The summed E-state index contributed by atoms with van der Waals surface area (Å²) in [6, 6.07) is 7.90. The second kappa shape index (κ2) is 6.25. The van der Waals surface area contributed by atoms with Gasteiger partial charge in [-0.25, -0.2) is 5.48 Å². The van der Waals surface area contributed by atoms with Crippen molar-refractivity contribution in [2.75, 3.05) is 7.11 Å². The smallest absolute Gasteiger partial charge is 0.243 e. The summed E-state index contributed by atoms with van der Waals surface area (Å²) < 4.78 is 5.35. The van der Waals surface area contributed by atoms with Crippen molar-refractivity contribution in [3.63, 3.8) is 0 Å². The third-order valence-corrected chi connectivity index (χ3v) is 2.58. The predicted octanol–water partition coefficient (Wildman–Crippen LogP) is 1.97. The molecule has 1 rings (SSSR count). The number of amides is 1. The third-order valence-electron chi connectivity index (χ3n) is 2.58. The zero-order valence-electron chi connectivity index (χ0n) is 9.56. The number of hydrogen-bond donors (Lipinski definition) is 2. The van der Waals surface area contributed by atoms with Crippen molar-refractivity contribution in [3.8, 4) is 0 Å². The molecule has 16 heavy (non-hydrogen) atoms. The van der Waals surface area contributed by atoms with E-state index in [1.54, 1.807) is 12.6 Å². The number of hydroxylamine groups is 1. The lowest BCUT2D eigenvalue weighted by Crippen LogP contribution is -2.19. The minimum absolute atomic E-state index is 0.113. The second-order valence-corrected chi connectivity index (χ2v) is 3.65. The van der Waals surface area contributed by atoms with Gasteiger partial charge in [-0.15, -0.1) is 0 Å². The number of carbonyl (C=O) groups excluding carboxylic acids is 1. The van der Waals surface area contributed by atoms with Crippen LogP contribution in [0.1, 0.15) is 30.1 Å². The summed E-state index contributed by atoms with van der Waals surface area (Å²) in [5.41, 5.74) is 3.83. The van der Waals surface area contributed by atoms with E-state index < -0.39 is 5.91 Å². The maximum atomic E-state index is 10.9. The molecule has 1 atom stereocenters. The fourth-order valence-corrected chi connectivity index (χ4v) is 1.67. The summed E-state index contributed by atoms with van der Waals surface area (Å²) >= 11 is 0. The van der Waals surface area contributed by atoms with E-state index in [-0.39, 0.29) is 12.5 Å². The highest BCUT2D eigenvalue weighted by atomic mass is 16.5. The number of ether oxygens (including phenoxy) is 1. The first-order chi connectivity index (χ1) is 7.69. The van der Waals surface area contributed by atoms with E-state index in [1.165, 1.54) is 0 Å². The Morgan fingerprint density at radius 2 is 2.19 bits per heavy atom. The lowest BCUT2D eigenvalue weighted by Gasteiger charge is -2.17. The molecule has 4 heteroatoms. The Labute approximate surface area is 95.2 Å². The van der Waals surface area contributed by atoms with Crippen LogP contribution in [-0.2, 0) is 9.53 Å². The first-order valence-electron chi connectivity index (χ1n) is 5.20. The van der Waals surface area contributed by atoms with Crippen molar-refractivity contribution in [1.29, 1.82) is 0 Å². The van der Waals surface area contributed by atoms with Gasteiger partial charge in [0.1, 0.15) is 0 Å². The number of nitrogens with one attached hydrogen (secondary N) is 1. The topological polar surface area (TPSA) is 58.6 Å². The van der Waals surface area contributed by atoms with Gasteiger partial charge in [0, 0.05) is 13.5 Å². The summed E-state index contributed by atoms with van der Waals surface area (Å²) in [5, 5.41) is 8.41. The molecule has 0 aliphatic carbocycles. The monoisotopic (exact) mass is 223 g/mol. The number of rotatable bonds is 5. The van der Waals surface area contributed by atoms with Crippen LogP contribution in [0.3, 0.4) is 0 Å². The molecule has 0 saturated carbocycles. The predicted molar refractivity (Wildman–Crippen MR) is 60.1 cm³/mol. The van der Waals surface area contributed by atoms with Gasteiger partial charge in [-0.2, -0.15) is 0 Å². The Kier molecular flexibility index (Phi) is 4.95. The van der Waals surface area contributed by atoms with E-state index in [9.17, 15) is 4.79 Å². The molecule has 0 fully saturated rings. The lowest BCUT2D eigenvalue weighted by atomic mass is 10.00. The quantitative estimate of drug-likeness (QED) is 0.592. The van der Waals surface area contributed by atoms with E-state index in [0.29, 0.717) is 6.42 Å². The van der Waals surface area contributed by atoms with E-state index in [0.717, 1.165) is 11.1 Å². The van der Waals surface area contributed by atoms with Gasteiger partial charge in [0.15, 0.2) is 0 Å². The van der Waals surface area contributed by atoms with Gasteiger partial charge >= 0.3 is 0 Å². The zero-order chi connectivity index (χ0) is 12.0. The van der Waals surface area contributed by atoms with Gasteiger partial charge in [-0.05, 0) is 24.5 Å².